The number of nitrogens with zero attached hydrogens (tertiary/aromatic N) is 1. The zero-order chi connectivity index (χ0) is 13.0. The van der Waals surface area contributed by atoms with Crippen LogP contribution in [0.4, 0.5) is 0 Å². The van der Waals surface area contributed by atoms with Crippen LogP contribution in [-0.2, 0) is 4.79 Å². The van der Waals surface area contributed by atoms with Gasteiger partial charge in [-0.1, -0.05) is 24.3 Å². The molecule has 5 heteroatoms. The van der Waals surface area contributed by atoms with Crippen molar-refractivity contribution in [1.82, 2.24) is 10.2 Å². The average molecular weight is 244 g/mol. The summed E-state index contributed by atoms with van der Waals surface area (Å²) in [6.45, 7) is 0. The summed E-state index contributed by atoms with van der Waals surface area (Å²) in [5.74, 6) is -1.12. The number of rotatable bonds is 5. The van der Waals surface area contributed by atoms with Gasteiger partial charge in [-0.25, -0.2) is 0 Å². The average Bonchev–Trinajstić information content (AvgIpc) is 2.90. The third-order valence-corrected chi connectivity index (χ3v) is 2.58. The minimum Gasteiger partial charge on any atom is -0.481 e. The maximum atomic E-state index is 11.7. The summed E-state index contributed by atoms with van der Waals surface area (Å²) < 4.78 is 0. The highest BCUT2D eigenvalue weighted by Crippen LogP contribution is 2.17. The number of carboxylic acids is 1. The summed E-state index contributed by atoms with van der Waals surface area (Å²) in [6, 6.07) is 8.84. The summed E-state index contributed by atoms with van der Waals surface area (Å²) in [5, 5.41) is 15.2. The minimum atomic E-state index is -0.961. The van der Waals surface area contributed by atoms with E-state index in [2.05, 4.69) is 10.2 Å². The van der Waals surface area contributed by atoms with Crippen LogP contribution in [-0.4, -0.2) is 27.1 Å². The van der Waals surface area contributed by atoms with Gasteiger partial charge in [0.2, 0.25) is 0 Å². The monoisotopic (exact) mass is 244 g/mol. The second-order valence-corrected chi connectivity index (χ2v) is 3.86. The van der Waals surface area contributed by atoms with E-state index in [-0.39, 0.29) is 18.6 Å². The molecule has 0 amide bonds. The highest BCUT2D eigenvalue weighted by atomic mass is 16.4. The van der Waals surface area contributed by atoms with Gasteiger partial charge in [0.25, 0.3) is 0 Å². The van der Waals surface area contributed by atoms with Gasteiger partial charge in [0, 0.05) is 18.2 Å². The molecule has 0 spiro atoms. The van der Waals surface area contributed by atoms with Crippen molar-refractivity contribution >= 4 is 11.8 Å². The molecular weight excluding hydrogens is 232 g/mol. The van der Waals surface area contributed by atoms with E-state index in [0.29, 0.717) is 5.56 Å². The van der Waals surface area contributed by atoms with Gasteiger partial charge in [0.15, 0.2) is 5.78 Å². The zero-order valence-electron chi connectivity index (χ0n) is 9.59. The number of carbonyl (C=O) groups is 2. The smallest absolute Gasteiger partial charge is 0.303 e. The van der Waals surface area contributed by atoms with Gasteiger partial charge in [-0.05, 0) is 11.6 Å². The topological polar surface area (TPSA) is 83.0 Å². The molecule has 0 aliphatic rings. The van der Waals surface area contributed by atoms with Crippen molar-refractivity contribution in [3.8, 4) is 11.3 Å². The number of ketones is 1. The van der Waals surface area contributed by atoms with Crippen molar-refractivity contribution < 1.29 is 14.7 Å². The van der Waals surface area contributed by atoms with Crippen molar-refractivity contribution in [1.29, 1.82) is 0 Å². The van der Waals surface area contributed by atoms with E-state index in [9.17, 15) is 9.59 Å². The van der Waals surface area contributed by atoms with Crippen LogP contribution in [0, 0.1) is 0 Å². The Labute approximate surface area is 103 Å². The van der Waals surface area contributed by atoms with E-state index < -0.39 is 5.97 Å². The highest BCUT2D eigenvalue weighted by molar-refractivity contribution is 5.97. The van der Waals surface area contributed by atoms with Crippen molar-refractivity contribution in [2.45, 2.75) is 12.8 Å². The Morgan fingerprint density at radius 3 is 2.39 bits per heavy atom. The Morgan fingerprint density at radius 2 is 1.83 bits per heavy atom. The Morgan fingerprint density at radius 1 is 1.11 bits per heavy atom. The Hall–Kier alpha value is -2.43. The first kappa shape index (κ1) is 12.0. The number of hydrogen-bond donors (Lipinski definition) is 2. The third kappa shape index (κ3) is 2.82. The van der Waals surface area contributed by atoms with Crippen LogP contribution in [0.5, 0.6) is 0 Å². The van der Waals surface area contributed by atoms with Gasteiger partial charge in [0.1, 0.15) is 0 Å². The molecule has 0 unspecified atom stereocenters. The first-order chi connectivity index (χ1) is 8.66. The van der Waals surface area contributed by atoms with Crippen LogP contribution in [0.15, 0.2) is 36.5 Å². The lowest BCUT2D eigenvalue weighted by molar-refractivity contribution is -0.136. The molecule has 0 atom stereocenters. The fourth-order valence-electron chi connectivity index (χ4n) is 1.62. The Kier molecular flexibility index (Phi) is 3.52. The van der Waals surface area contributed by atoms with E-state index in [0.717, 1.165) is 11.3 Å². The van der Waals surface area contributed by atoms with Crippen LogP contribution < -0.4 is 0 Å². The van der Waals surface area contributed by atoms with Gasteiger partial charge in [-0.2, -0.15) is 5.10 Å². The standard InChI is InChI=1S/C13H12N2O3/c16-12(5-6-13(17)18)10-3-1-9(2-4-10)11-7-8-14-15-11/h1-4,7-8H,5-6H2,(H,14,15)(H,17,18). The quantitative estimate of drug-likeness (QED) is 0.789. The Balaban J connectivity index is 2.08. The van der Waals surface area contributed by atoms with Crippen LogP contribution in [0.2, 0.25) is 0 Å². The fraction of sp³-hybridized carbons (Fsp3) is 0.154. The molecule has 5 nitrogen and oxygen atoms in total. The number of aliphatic carboxylic acids is 1. The summed E-state index contributed by atoms with van der Waals surface area (Å²) >= 11 is 0. The van der Waals surface area contributed by atoms with Crippen molar-refractivity contribution in [2.24, 2.45) is 0 Å². The highest BCUT2D eigenvalue weighted by Gasteiger charge is 2.08. The molecule has 92 valence electrons. The molecule has 0 radical (unpaired) electrons. The van der Waals surface area contributed by atoms with Crippen molar-refractivity contribution in [3.05, 3.63) is 42.1 Å². The Bertz CT molecular complexity index is 544. The zero-order valence-corrected chi connectivity index (χ0v) is 9.59. The van der Waals surface area contributed by atoms with E-state index in [1.54, 1.807) is 18.3 Å². The lowest BCUT2D eigenvalue weighted by Crippen LogP contribution is -2.03. The molecular formula is C13H12N2O3. The number of aromatic nitrogens is 2. The number of H-pyrrole nitrogens is 1. The molecule has 1 aromatic carbocycles. The van der Waals surface area contributed by atoms with Gasteiger partial charge < -0.3 is 5.11 Å². The first-order valence-electron chi connectivity index (χ1n) is 5.51. The second-order valence-electron chi connectivity index (χ2n) is 3.86. The maximum Gasteiger partial charge on any atom is 0.303 e. The fourth-order valence-corrected chi connectivity index (χ4v) is 1.62. The SMILES string of the molecule is O=C(O)CCC(=O)c1ccc(-c2ccn[nH]2)cc1. The maximum absolute atomic E-state index is 11.7. The number of Topliss-reactive ketones (excluding diaryl/α,β-unsaturated/α-hetero) is 1. The molecule has 0 fully saturated rings. The number of carbonyl (C=O) groups excluding carboxylic acids is 1. The number of nitrogens with one attached hydrogen (secondary N) is 1. The van der Waals surface area contributed by atoms with Crippen LogP contribution in [0.25, 0.3) is 11.3 Å². The van der Waals surface area contributed by atoms with E-state index in [1.165, 1.54) is 0 Å². The molecule has 0 aliphatic carbocycles. The summed E-state index contributed by atoms with van der Waals surface area (Å²) in [4.78, 5) is 22.0. The van der Waals surface area contributed by atoms with E-state index >= 15 is 0 Å². The molecule has 18 heavy (non-hydrogen) atoms. The third-order valence-electron chi connectivity index (χ3n) is 2.58. The molecule has 2 rings (SSSR count). The van der Waals surface area contributed by atoms with Crippen molar-refractivity contribution in [2.75, 3.05) is 0 Å². The molecule has 2 aromatic rings. The molecule has 1 heterocycles. The molecule has 0 saturated heterocycles. The molecule has 0 aliphatic heterocycles. The van der Waals surface area contributed by atoms with Crippen LogP contribution >= 0.6 is 0 Å². The summed E-state index contributed by atoms with van der Waals surface area (Å²) in [6.07, 6.45) is 1.54. The lowest BCUT2D eigenvalue weighted by Gasteiger charge is -2.01. The number of benzene rings is 1. The second kappa shape index (κ2) is 5.27. The lowest BCUT2D eigenvalue weighted by atomic mass is 10.0. The van der Waals surface area contributed by atoms with Gasteiger partial charge >= 0.3 is 5.97 Å². The van der Waals surface area contributed by atoms with Crippen LogP contribution in [0.3, 0.4) is 0 Å². The minimum absolute atomic E-state index is 0.0265. The normalized spacial score (nSPS) is 10.2. The number of hydrogen-bond acceptors (Lipinski definition) is 3. The molecule has 0 bridgehead atoms. The van der Waals surface area contributed by atoms with Gasteiger partial charge in [-0.3, -0.25) is 14.7 Å². The van der Waals surface area contributed by atoms with E-state index in [4.69, 9.17) is 5.11 Å². The summed E-state index contributed by atoms with van der Waals surface area (Å²) in [5.41, 5.74) is 2.33. The largest absolute Gasteiger partial charge is 0.481 e. The molecule has 1 aromatic heterocycles. The van der Waals surface area contributed by atoms with Crippen molar-refractivity contribution in [3.63, 3.8) is 0 Å². The first-order valence-corrected chi connectivity index (χ1v) is 5.51. The molecule has 0 saturated carbocycles. The molecule has 2 N–H and O–H groups in total. The number of aromatic amines is 1. The number of carboxylic acid groups (broad SMARTS) is 1. The van der Waals surface area contributed by atoms with Crippen LogP contribution in [0.1, 0.15) is 23.2 Å². The van der Waals surface area contributed by atoms with Gasteiger partial charge in [-0.15, -0.1) is 0 Å². The predicted octanol–water partition coefficient (Wildman–Crippen LogP) is 2.12. The predicted molar refractivity (Wildman–Crippen MR) is 65.2 cm³/mol. The van der Waals surface area contributed by atoms with E-state index in [1.807, 2.05) is 18.2 Å². The van der Waals surface area contributed by atoms with Gasteiger partial charge in [0.05, 0.1) is 12.1 Å². The summed E-state index contributed by atoms with van der Waals surface area (Å²) in [7, 11) is 0.